The molecule has 0 aliphatic heterocycles. The summed E-state index contributed by atoms with van der Waals surface area (Å²) in [6, 6.07) is 16.8. The van der Waals surface area contributed by atoms with Gasteiger partial charge in [0.15, 0.2) is 0 Å². The highest BCUT2D eigenvalue weighted by Gasteiger charge is 2.13. The first-order valence-electron chi connectivity index (χ1n) is 5.93. The smallest absolute Gasteiger partial charge is 0.114 e. The number of aromatic nitrogens is 2. The van der Waals surface area contributed by atoms with Crippen molar-refractivity contribution in [3.05, 3.63) is 59.4 Å². The Hall–Kier alpha value is -1.80. The third-order valence-electron chi connectivity index (χ3n) is 2.96. The first kappa shape index (κ1) is 11.3. The first-order chi connectivity index (χ1) is 8.81. The number of benzene rings is 2. The van der Waals surface area contributed by atoms with Crippen LogP contribution in [0.4, 0.5) is 0 Å². The molecule has 2 nitrogen and oxygen atoms in total. The quantitative estimate of drug-likeness (QED) is 0.676. The molecule has 1 radical (unpaired) electrons. The summed E-state index contributed by atoms with van der Waals surface area (Å²) in [6.45, 7) is 2.10. The van der Waals surface area contributed by atoms with Gasteiger partial charge in [-0.15, -0.1) is 0 Å². The Labute approximate surface area is 111 Å². The second kappa shape index (κ2) is 4.46. The topological polar surface area (TPSA) is 17.8 Å². The number of aryl methyl sites for hydroxylation is 1. The molecule has 18 heavy (non-hydrogen) atoms. The van der Waals surface area contributed by atoms with Crippen molar-refractivity contribution in [3.63, 3.8) is 0 Å². The van der Waals surface area contributed by atoms with Crippen LogP contribution in [0.15, 0.2) is 42.5 Å². The molecule has 1 aromatic heterocycles. The number of nitrogens with zero attached hydrogens (tertiary/aromatic N) is 2. The van der Waals surface area contributed by atoms with Crippen LogP contribution in [-0.2, 0) is 6.42 Å². The summed E-state index contributed by atoms with van der Waals surface area (Å²) in [7, 11) is 0. The molecule has 0 amide bonds. The largest absolute Gasteiger partial charge is 0.295 e. The van der Waals surface area contributed by atoms with E-state index in [9.17, 15) is 0 Å². The molecule has 0 fully saturated rings. The molecular formula is C15H12ClN2. The summed E-state index contributed by atoms with van der Waals surface area (Å²) in [5.74, 6) is 1.01. The fraction of sp³-hybridized carbons (Fsp3) is 0.133. The molecule has 3 heteroatoms. The van der Waals surface area contributed by atoms with E-state index in [2.05, 4.69) is 22.5 Å². The maximum atomic E-state index is 6.31. The number of hydrogen-bond acceptors (Lipinski definition) is 1. The molecule has 0 bridgehead atoms. The number of imidazole rings is 1. The third-order valence-corrected chi connectivity index (χ3v) is 3.27. The standard InChI is InChI=1S/C15H12ClN2/c1-2-14-17-13-10-6-9-12(16)15(13)18(14)11-7-4-3-5-8-11/h3-4,6-10H,2H2,1H3. The number of fused-ring (bicyclic) bond motifs is 1. The van der Waals surface area contributed by atoms with Crippen molar-refractivity contribution in [2.45, 2.75) is 13.3 Å². The fourth-order valence-electron chi connectivity index (χ4n) is 2.17. The summed E-state index contributed by atoms with van der Waals surface area (Å²) in [4.78, 5) is 4.63. The van der Waals surface area contributed by atoms with Crippen molar-refractivity contribution in [1.82, 2.24) is 9.55 Å². The van der Waals surface area contributed by atoms with Gasteiger partial charge in [-0.3, -0.25) is 4.57 Å². The van der Waals surface area contributed by atoms with Crippen LogP contribution in [0.2, 0.25) is 5.02 Å². The van der Waals surface area contributed by atoms with E-state index in [1.54, 1.807) is 0 Å². The molecule has 2 aromatic carbocycles. The lowest BCUT2D eigenvalue weighted by atomic mass is 10.2. The van der Waals surface area contributed by atoms with E-state index in [1.807, 2.05) is 42.5 Å². The van der Waals surface area contributed by atoms with Crippen molar-refractivity contribution in [2.24, 2.45) is 0 Å². The van der Waals surface area contributed by atoms with E-state index in [0.717, 1.165) is 34.0 Å². The molecule has 0 unspecified atom stereocenters. The van der Waals surface area contributed by atoms with Crippen LogP contribution in [0.1, 0.15) is 12.7 Å². The fourth-order valence-corrected chi connectivity index (χ4v) is 2.43. The monoisotopic (exact) mass is 255 g/mol. The SMILES string of the molecule is CCc1nc2cccc(Cl)c2n1-c1c[c]ccc1. The molecule has 89 valence electrons. The van der Waals surface area contributed by atoms with Crippen LogP contribution >= 0.6 is 11.6 Å². The predicted octanol–water partition coefficient (Wildman–Crippen LogP) is 4.04. The number of para-hydroxylation sites is 1. The highest BCUT2D eigenvalue weighted by atomic mass is 35.5. The van der Waals surface area contributed by atoms with Gasteiger partial charge < -0.3 is 0 Å². The van der Waals surface area contributed by atoms with Crippen LogP contribution in [0.3, 0.4) is 0 Å². The molecule has 0 aliphatic carbocycles. The number of rotatable bonds is 2. The Kier molecular flexibility index (Phi) is 2.80. The van der Waals surface area contributed by atoms with Gasteiger partial charge in [-0.05, 0) is 30.3 Å². The molecule has 3 rings (SSSR count). The van der Waals surface area contributed by atoms with Crippen LogP contribution in [-0.4, -0.2) is 9.55 Å². The molecule has 0 atom stereocenters. The Morgan fingerprint density at radius 3 is 2.89 bits per heavy atom. The highest BCUT2D eigenvalue weighted by Crippen LogP contribution is 2.27. The lowest BCUT2D eigenvalue weighted by molar-refractivity contribution is 0.908. The molecule has 0 saturated carbocycles. The third kappa shape index (κ3) is 1.70. The van der Waals surface area contributed by atoms with Gasteiger partial charge in [0.2, 0.25) is 0 Å². The van der Waals surface area contributed by atoms with Crippen molar-refractivity contribution >= 4 is 22.6 Å². The van der Waals surface area contributed by atoms with E-state index in [0.29, 0.717) is 0 Å². The Morgan fingerprint density at radius 1 is 1.28 bits per heavy atom. The maximum Gasteiger partial charge on any atom is 0.114 e. The van der Waals surface area contributed by atoms with Gasteiger partial charge >= 0.3 is 0 Å². The summed E-state index contributed by atoms with van der Waals surface area (Å²) >= 11 is 6.31. The molecule has 0 aliphatic rings. The first-order valence-corrected chi connectivity index (χ1v) is 6.31. The zero-order chi connectivity index (χ0) is 12.5. The molecule has 0 N–H and O–H groups in total. The Bertz CT molecular complexity index is 686. The van der Waals surface area contributed by atoms with Gasteiger partial charge in [0, 0.05) is 12.1 Å². The van der Waals surface area contributed by atoms with E-state index in [-0.39, 0.29) is 0 Å². The molecular weight excluding hydrogens is 244 g/mol. The lowest BCUT2D eigenvalue weighted by Crippen LogP contribution is -1.99. The van der Waals surface area contributed by atoms with Crippen molar-refractivity contribution in [3.8, 4) is 5.69 Å². The van der Waals surface area contributed by atoms with Gasteiger partial charge in [0.05, 0.1) is 16.1 Å². The van der Waals surface area contributed by atoms with Crippen LogP contribution in [0, 0.1) is 6.07 Å². The van der Waals surface area contributed by atoms with E-state index in [1.165, 1.54) is 0 Å². The normalized spacial score (nSPS) is 11.0. The molecule has 0 spiro atoms. The predicted molar refractivity (Wildman–Crippen MR) is 74.3 cm³/mol. The second-order valence-electron chi connectivity index (χ2n) is 4.09. The summed E-state index contributed by atoms with van der Waals surface area (Å²) in [5, 5.41) is 0.726. The Morgan fingerprint density at radius 2 is 2.17 bits per heavy atom. The van der Waals surface area contributed by atoms with Crippen molar-refractivity contribution < 1.29 is 0 Å². The van der Waals surface area contributed by atoms with E-state index >= 15 is 0 Å². The van der Waals surface area contributed by atoms with Gasteiger partial charge in [-0.25, -0.2) is 4.98 Å². The van der Waals surface area contributed by atoms with Gasteiger partial charge in [-0.1, -0.05) is 36.7 Å². The number of halogens is 1. The number of hydrogen-bond donors (Lipinski definition) is 0. The van der Waals surface area contributed by atoms with E-state index < -0.39 is 0 Å². The zero-order valence-corrected chi connectivity index (χ0v) is 10.8. The lowest BCUT2D eigenvalue weighted by Gasteiger charge is -2.08. The highest BCUT2D eigenvalue weighted by molar-refractivity contribution is 6.35. The Balaban J connectivity index is 2.39. The van der Waals surface area contributed by atoms with Crippen LogP contribution in [0.25, 0.3) is 16.7 Å². The average molecular weight is 256 g/mol. The van der Waals surface area contributed by atoms with E-state index in [4.69, 9.17) is 11.6 Å². The minimum atomic E-state index is 0.726. The molecule has 1 heterocycles. The zero-order valence-electron chi connectivity index (χ0n) is 10.0. The van der Waals surface area contributed by atoms with Gasteiger partial charge in [-0.2, -0.15) is 0 Å². The van der Waals surface area contributed by atoms with Gasteiger partial charge in [0.25, 0.3) is 0 Å². The minimum Gasteiger partial charge on any atom is -0.295 e. The van der Waals surface area contributed by atoms with Crippen LogP contribution in [0.5, 0.6) is 0 Å². The summed E-state index contributed by atoms with van der Waals surface area (Å²) in [6.07, 6.45) is 0.861. The minimum absolute atomic E-state index is 0.726. The average Bonchev–Trinajstić information content (AvgIpc) is 2.79. The second-order valence-corrected chi connectivity index (χ2v) is 4.49. The van der Waals surface area contributed by atoms with Gasteiger partial charge in [0.1, 0.15) is 5.82 Å². The molecule has 3 aromatic rings. The van der Waals surface area contributed by atoms with Crippen molar-refractivity contribution in [1.29, 1.82) is 0 Å². The maximum absolute atomic E-state index is 6.31. The summed E-state index contributed by atoms with van der Waals surface area (Å²) < 4.78 is 2.11. The molecule has 0 saturated heterocycles. The van der Waals surface area contributed by atoms with Crippen molar-refractivity contribution in [2.75, 3.05) is 0 Å². The van der Waals surface area contributed by atoms with Crippen LogP contribution < -0.4 is 0 Å². The summed E-state index contributed by atoms with van der Waals surface area (Å²) in [5.41, 5.74) is 2.95.